The van der Waals surface area contributed by atoms with Gasteiger partial charge in [-0.1, -0.05) is 0 Å². The third-order valence-corrected chi connectivity index (χ3v) is 2.20. The van der Waals surface area contributed by atoms with E-state index in [1.807, 2.05) is 13.8 Å². The van der Waals surface area contributed by atoms with E-state index in [-0.39, 0.29) is 18.0 Å². The number of aromatic nitrogens is 1. The Morgan fingerprint density at radius 2 is 2.06 bits per heavy atom. The molecule has 0 aliphatic heterocycles. The average Bonchev–Trinajstić information content (AvgIpc) is 2.28. The van der Waals surface area contributed by atoms with Gasteiger partial charge in [0.25, 0.3) is 0 Å². The van der Waals surface area contributed by atoms with Crippen LogP contribution in [0.1, 0.15) is 13.8 Å². The molecule has 1 aromatic rings. The van der Waals surface area contributed by atoms with Crippen molar-refractivity contribution < 1.29 is 9.53 Å². The molecule has 0 fully saturated rings. The van der Waals surface area contributed by atoms with Crippen molar-refractivity contribution in [3.63, 3.8) is 0 Å². The molecule has 0 spiro atoms. The molecule has 5 heteroatoms. The van der Waals surface area contributed by atoms with E-state index in [0.717, 1.165) is 5.69 Å². The third kappa shape index (κ3) is 5.42. The van der Waals surface area contributed by atoms with E-state index < -0.39 is 0 Å². The summed E-state index contributed by atoms with van der Waals surface area (Å²) in [5.74, 6) is -0.0830. The fraction of sp³-hybridized carbons (Fsp3) is 0.500. The van der Waals surface area contributed by atoms with E-state index in [1.54, 1.807) is 31.6 Å². The standard InChI is InChI=1S/C12H19N3O2/c1-12(2,9-17-3)14-8-11(16)15-10-4-6-13-7-5-10/h4-7,14H,8-9H2,1-3H3,(H,13,15,16). The van der Waals surface area contributed by atoms with E-state index in [9.17, 15) is 4.79 Å². The first-order valence-corrected chi connectivity index (χ1v) is 5.47. The molecule has 2 N–H and O–H groups in total. The van der Waals surface area contributed by atoms with Crippen molar-refractivity contribution in [3.8, 4) is 0 Å². The van der Waals surface area contributed by atoms with Gasteiger partial charge in [0.2, 0.25) is 5.91 Å². The predicted molar refractivity (Wildman–Crippen MR) is 66.8 cm³/mol. The highest BCUT2D eigenvalue weighted by atomic mass is 16.5. The Balaban J connectivity index is 2.36. The highest BCUT2D eigenvalue weighted by molar-refractivity contribution is 5.92. The van der Waals surface area contributed by atoms with Gasteiger partial charge in [0.05, 0.1) is 13.2 Å². The van der Waals surface area contributed by atoms with Gasteiger partial charge in [-0.05, 0) is 26.0 Å². The highest BCUT2D eigenvalue weighted by Crippen LogP contribution is 2.04. The number of pyridine rings is 1. The second-order valence-electron chi connectivity index (χ2n) is 4.45. The summed E-state index contributed by atoms with van der Waals surface area (Å²) in [7, 11) is 1.64. The number of rotatable bonds is 6. The van der Waals surface area contributed by atoms with Crippen molar-refractivity contribution >= 4 is 11.6 Å². The zero-order valence-corrected chi connectivity index (χ0v) is 10.5. The van der Waals surface area contributed by atoms with Crippen molar-refractivity contribution in [1.29, 1.82) is 0 Å². The zero-order chi connectivity index (χ0) is 12.7. The number of nitrogens with zero attached hydrogens (tertiary/aromatic N) is 1. The van der Waals surface area contributed by atoms with Crippen molar-refractivity contribution in [2.24, 2.45) is 0 Å². The lowest BCUT2D eigenvalue weighted by Gasteiger charge is -2.24. The zero-order valence-electron chi connectivity index (χ0n) is 10.5. The van der Waals surface area contributed by atoms with Crippen LogP contribution in [-0.4, -0.2) is 36.7 Å². The number of carbonyl (C=O) groups is 1. The normalized spacial score (nSPS) is 11.2. The van der Waals surface area contributed by atoms with Crippen LogP contribution in [0.25, 0.3) is 0 Å². The Morgan fingerprint density at radius 1 is 1.41 bits per heavy atom. The quantitative estimate of drug-likeness (QED) is 0.776. The Labute approximate surface area is 102 Å². The molecule has 0 saturated heterocycles. The molecule has 1 aromatic heterocycles. The third-order valence-electron chi connectivity index (χ3n) is 2.20. The van der Waals surface area contributed by atoms with Gasteiger partial charge in [-0.2, -0.15) is 0 Å². The molecule has 94 valence electrons. The molecule has 17 heavy (non-hydrogen) atoms. The van der Waals surface area contributed by atoms with Gasteiger partial charge in [-0.25, -0.2) is 0 Å². The lowest BCUT2D eigenvalue weighted by molar-refractivity contribution is -0.115. The molecule has 1 rings (SSSR count). The van der Waals surface area contributed by atoms with Crippen molar-refractivity contribution in [3.05, 3.63) is 24.5 Å². The van der Waals surface area contributed by atoms with Crippen molar-refractivity contribution in [1.82, 2.24) is 10.3 Å². The topological polar surface area (TPSA) is 63.2 Å². The molecule has 0 atom stereocenters. The summed E-state index contributed by atoms with van der Waals surface area (Å²) in [6, 6.07) is 3.50. The minimum Gasteiger partial charge on any atom is -0.383 e. The minimum atomic E-state index is -0.218. The fourth-order valence-corrected chi connectivity index (χ4v) is 1.37. The van der Waals surface area contributed by atoms with E-state index in [2.05, 4.69) is 15.6 Å². The maximum atomic E-state index is 11.6. The molecule has 5 nitrogen and oxygen atoms in total. The fourth-order valence-electron chi connectivity index (χ4n) is 1.37. The number of methoxy groups -OCH3 is 1. The Morgan fingerprint density at radius 3 is 2.65 bits per heavy atom. The van der Waals surface area contributed by atoms with Crippen LogP contribution in [0.15, 0.2) is 24.5 Å². The van der Waals surface area contributed by atoms with Crippen LogP contribution in [0.2, 0.25) is 0 Å². The number of amides is 1. The first-order chi connectivity index (χ1) is 8.03. The SMILES string of the molecule is COCC(C)(C)NCC(=O)Nc1ccncc1. The van der Waals surface area contributed by atoms with Gasteiger partial charge < -0.3 is 15.4 Å². The molecule has 0 aliphatic carbocycles. The van der Waals surface area contributed by atoms with Crippen LogP contribution in [0, 0.1) is 0 Å². The van der Waals surface area contributed by atoms with E-state index >= 15 is 0 Å². The van der Waals surface area contributed by atoms with Crippen LogP contribution in [0.4, 0.5) is 5.69 Å². The number of hydrogen-bond donors (Lipinski definition) is 2. The Kier molecular flexibility index (Phi) is 5.06. The summed E-state index contributed by atoms with van der Waals surface area (Å²) >= 11 is 0. The van der Waals surface area contributed by atoms with E-state index in [0.29, 0.717) is 6.61 Å². The van der Waals surface area contributed by atoms with Crippen LogP contribution in [-0.2, 0) is 9.53 Å². The summed E-state index contributed by atoms with van der Waals surface area (Å²) < 4.78 is 5.05. The second-order valence-corrected chi connectivity index (χ2v) is 4.45. The first-order valence-electron chi connectivity index (χ1n) is 5.47. The van der Waals surface area contributed by atoms with Gasteiger partial charge >= 0.3 is 0 Å². The Hall–Kier alpha value is -1.46. The lowest BCUT2D eigenvalue weighted by atomic mass is 10.1. The summed E-state index contributed by atoms with van der Waals surface area (Å²) in [5, 5.41) is 5.90. The molecular formula is C12H19N3O2. The number of ether oxygens (including phenoxy) is 1. The van der Waals surface area contributed by atoms with Gasteiger partial charge in [0.15, 0.2) is 0 Å². The molecule has 0 radical (unpaired) electrons. The van der Waals surface area contributed by atoms with Crippen LogP contribution < -0.4 is 10.6 Å². The molecular weight excluding hydrogens is 218 g/mol. The predicted octanol–water partition coefficient (Wildman–Crippen LogP) is 1.03. The van der Waals surface area contributed by atoms with Crippen LogP contribution in [0.3, 0.4) is 0 Å². The lowest BCUT2D eigenvalue weighted by Crippen LogP contribution is -2.46. The summed E-state index contributed by atoms with van der Waals surface area (Å²) in [6.07, 6.45) is 3.27. The Bertz CT molecular complexity index is 352. The highest BCUT2D eigenvalue weighted by Gasteiger charge is 2.17. The van der Waals surface area contributed by atoms with Gasteiger partial charge in [0.1, 0.15) is 0 Å². The molecule has 0 aromatic carbocycles. The van der Waals surface area contributed by atoms with Gasteiger partial charge in [0, 0.05) is 30.7 Å². The monoisotopic (exact) mass is 237 g/mol. The molecule has 0 saturated carbocycles. The van der Waals surface area contributed by atoms with Crippen LogP contribution >= 0.6 is 0 Å². The maximum Gasteiger partial charge on any atom is 0.238 e. The van der Waals surface area contributed by atoms with E-state index in [4.69, 9.17) is 4.74 Å². The minimum absolute atomic E-state index is 0.0830. The molecule has 0 aliphatic rings. The molecule has 1 heterocycles. The molecule has 0 bridgehead atoms. The average molecular weight is 237 g/mol. The summed E-state index contributed by atoms with van der Waals surface area (Å²) in [5.41, 5.74) is 0.529. The van der Waals surface area contributed by atoms with Crippen molar-refractivity contribution in [2.75, 3.05) is 25.6 Å². The maximum absolute atomic E-state index is 11.6. The van der Waals surface area contributed by atoms with Gasteiger partial charge in [-0.3, -0.25) is 9.78 Å². The molecule has 0 unspecified atom stereocenters. The number of hydrogen-bond acceptors (Lipinski definition) is 4. The van der Waals surface area contributed by atoms with Gasteiger partial charge in [-0.15, -0.1) is 0 Å². The number of carbonyl (C=O) groups excluding carboxylic acids is 1. The number of anilines is 1. The summed E-state index contributed by atoms with van der Waals surface area (Å²) in [4.78, 5) is 15.5. The smallest absolute Gasteiger partial charge is 0.238 e. The van der Waals surface area contributed by atoms with Crippen molar-refractivity contribution in [2.45, 2.75) is 19.4 Å². The second kappa shape index (κ2) is 6.32. The first kappa shape index (κ1) is 13.6. The van der Waals surface area contributed by atoms with E-state index in [1.165, 1.54) is 0 Å². The summed E-state index contributed by atoms with van der Waals surface area (Å²) in [6.45, 7) is 4.76. The molecule has 1 amide bonds. The number of nitrogens with one attached hydrogen (secondary N) is 2. The van der Waals surface area contributed by atoms with Crippen LogP contribution in [0.5, 0.6) is 0 Å². The largest absolute Gasteiger partial charge is 0.383 e.